The Bertz CT molecular complexity index is 709. The van der Waals surface area contributed by atoms with Gasteiger partial charge in [0.2, 0.25) is 0 Å². The summed E-state index contributed by atoms with van der Waals surface area (Å²) >= 11 is 1.90. The van der Waals surface area contributed by atoms with E-state index in [0.29, 0.717) is 11.8 Å². The van der Waals surface area contributed by atoms with Crippen molar-refractivity contribution in [2.45, 2.75) is 16.6 Å². The maximum atomic E-state index is 5.80. The van der Waals surface area contributed by atoms with E-state index in [4.69, 9.17) is 5.73 Å². The lowest BCUT2D eigenvalue weighted by Gasteiger charge is -2.16. The van der Waals surface area contributed by atoms with Crippen LogP contribution in [-0.4, -0.2) is 6.54 Å². The lowest BCUT2D eigenvalue weighted by atomic mass is 10.1. The van der Waals surface area contributed by atoms with Crippen molar-refractivity contribution in [1.82, 2.24) is 0 Å². The Balaban J connectivity index is 1.87. The number of nitrogens with two attached hydrogens (primary N) is 1. The Labute approximate surface area is 130 Å². The molecule has 2 heteroatoms. The van der Waals surface area contributed by atoms with Gasteiger partial charge in [0.1, 0.15) is 0 Å². The van der Waals surface area contributed by atoms with Crippen molar-refractivity contribution in [3.8, 4) is 0 Å². The Morgan fingerprint density at radius 2 is 1.52 bits per heavy atom. The summed E-state index contributed by atoms with van der Waals surface area (Å²) in [4.78, 5) is 1.30. The molecule has 0 aromatic heterocycles. The number of thioether (sulfide) groups is 1. The lowest BCUT2D eigenvalue weighted by molar-refractivity contribution is 0.814. The van der Waals surface area contributed by atoms with E-state index in [1.807, 2.05) is 11.8 Å². The molecule has 0 radical (unpaired) electrons. The van der Waals surface area contributed by atoms with Crippen LogP contribution in [0.3, 0.4) is 0 Å². The molecule has 0 aliphatic rings. The molecule has 3 aromatic carbocycles. The van der Waals surface area contributed by atoms with Crippen molar-refractivity contribution in [2.75, 3.05) is 6.54 Å². The normalized spacial score (nSPS) is 12.4. The smallest absolute Gasteiger partial charge is 0.0356 e. The van der Waals surface area contributed by atoms with Crippen LogP contribution in [0.4, 0.5) is 0 Å². The maximum Gasteiger partial charge on any atom is 0.0356 e. The van der Waals surface area contributed by atoms with Crippen LogP contribution in [-0.2, 0) is 0 Å². The first kappa shape index (κ1) is 14.2. The van der Waals surface area contributed by atoms with Crippen molar-refractivity contribution in [2.24, 2.45) is 5.73 Å². The first-order valence-electron chi connectivity index (χ1n) is 7.27. The van der Waals surface area contributed by atoms with Gasteiger partial charge in [-0.05, 0) is 41.4 Å². The predicted molar refractivity (Wildman–Crippen MR) is 92.7 cm³/mol. The van der Waals surface area contributed by atoms with Crippen LogP contribution in [0.15, 0.2) is 77.7 Å². The highest BCUT2D eigenvalue weighted by Gasteiger charge is 2.12. The number of hydrogen-bond donors (Lipinski definition) is 1. The zero-order valence-electron chi connectivity index (χ0n) is 11.9. The third-order valence-electron chi connectivity index (χ3n) is 3.60. The third kappa shape index (κ3) is 3.46. The molecule has 106 valence electrons. The van der Waals surface area contributed by atoms with E-state index < -0.39 is 0 Å². The van der Waals surface area contributed by atoms with Crippen LogP contribution < -0.4 is 5.73 Å². The van der Waals surface area contributed by atoms with Crippen molar-refractivity contribution < 1.29 is 0 Å². The summed E-state index contributed by atoms with van der Waals surface area (Å²) in [5, 5.41) is 3.00. The van der Waals surface area contributed by atoms with Gasteiger partial charge in [0.25, 0.3) is 0 Å². The Kier molecular flexibility index (Phi) is 4.59. The Hall–Kier alpha value is -1.77. The largest absolute Gasteiger partial charge is 0.330 e. The number of benzene rings is 3. The van der Waals surface area contributed by atoms with Gasteiger partial charge in [0.15, 0.2) is 0 Å². The molecule has 1 nitrogen and oxygen atoms in total. The van der Waals surface area contributed by atoms with Gasteiger partial charge in [-0.25, -0.2) is 0 Å². The predicted octanol–water partition coefficient (Wildman–Crippen LogP) is 5.02. The van der Waals surface area contributed by atoms with E-state index in [9.17, 15) is 0 Å². The van der Waals surface area contributed by atoms with Gasteiger partial charge in [0, 0.05) is 10.1 Å². The molecule has 0 saturated carbocycles. The zero-order valence-corrected chi connectivity index (χ0v) is 12.7. The molecule has 1 unspecified atom stereocenters. The molecule has 21 heavy (non-hydrogen) atoms. The van der Waals surface area contributed by atoms with Gasteiger partial charge in [0.05, 0.1) is 0 Å². The second kappa shape index (κ2) is 6.79. The Morgan fingerprint density at radius 3 is 2.29 bits per heavy atom. The minimum Gasteiger partial charge on any atom is -0.330 e. The topological polar surface area (TPSA) is 26.0 Å². The summed E-state index contributed by atoms with van der Waals surface area (Å²) in [6.07, 6.45) is 0.988. The van der Waals surface area contributed by atoms with Crippen molar-refractivity contribution in [3.63, 3.8) is 0 Å². The van der Waals surface area contributed by atoms with E-state index >= 15 is 0 Å². The Morgan fingerprint density at radius 1 is 0.810 bits per heavy atom. The summed E-state index contributed by atoms with van der Waals surface area (Å²) in [6, 6.07) is 25.8. The van der Waals surface area contributed by atoms with E-state index in [1.165, 1.54) is 21.2 Å². The molecule has 0 fully saturated rings. The summed E-state index contributed by atoms with van der Waals surface area (Å²) in [7, 11) is 0. The van der Waals surface area contributed by atoms with Crippen LogP contribution >= 0.6 is 11.8 Å². The summed E-state index contributed by atoms with van der Waals surface area (Å²) in [6.45, 7) is 0.708. The molecule has 0 spiro atoms. The second-order valence-electron chi connectivity index (χ2n) is 5.10. The van der Waals surface area contributed by atoms with Gasteiger partial charge in [-0.1, -0.05) is 60.7 Å². The van der Waals surface area contributed by atoms with E-state index in [0.717, 1.165) is 6.42 Å². The second-order valence-corrected chi connectivity index (χ2v) is 6.38. The van der Waals surface area contributed by atoms with Gasteiger partial charge in [-0.2, -0.15) is 0 Å². The molecule has 1 atom stereocenters. The van der Waals surface area contributed by atoms with Crippen LogP contribution in [0.2, 0.25) is 0 Å². The van der Waals surface area contributed by atoms with Crippen LogP contribution in [0.1, 0.15) is 17.2 Å². The molecule has 0 heterocycles. The van der Waals surface area contributed by atoms with E-state index in [1.54, 1.807) is 0 Å². The molecular formula is C19H19NS. The van der Waals surface area contributed by atoms with Gasteiger partial charge in [-0.3, -0.25) is 0 Å². The standard InChI is InChI=1S/C19H19NS/c20-13-12-19(16-7-2-1-3-8-16)21-18-11-10-15-6-4-5-9-17(15)14-18/h1-11,14,19H,12-13,20H2. The first-order valence-corrected chi connectivity index (χ1v) is 8.15. The summed E-state index contributed by atoms with van der Waals surface area (Å²) < 4.78 is 0. The summed E-state index contributed by atoms with van der Waals surface area (Å²) in [5.74, 6) is 0. The first-order chi connectivity index (χ1) is 10.4. The van der Waals surface area contributed by atoms with Gasteiger partial charge < -0.3 is 5.73 Å². The fourth-order valence-corrected chi connectivity index (χ4v) is 3.73. The van der Waals surface area contributed by atoms with E-state index in [2.05, 4.69) is 72.8 Å². The van der Waals surface area contributed by atoms with Crippen LogP contribution in [0, 0.1) is 0 Å². The highest BCUT2D eigenvalue weighted by atomic mass is 32.2. The monoisotopic (exact) mass is 293 g/mol. The number of hydrogen-bond acceptors (Lipinski definition) is 2. The number of rotatable bonds is 5. The molecule has 0 bridgehead atoms. The average Bonchev–Trinajstić information content (AvgIpc) is 2.55. The zero-order chi connectivity index (χ0) is 14.5. The van der Waals surface area contributed by atoms with Gasteiger partial charge in [-0.15, -0.1) is 11.8 Å². The molecule has 0 aliphatic heterocycles. The van der Waals surface area contributed by atoms with Crippen molar-refractivity contribution in [3.05, 3.63) is 78.4 Å². The van der Waals surface area contributed by atoms with Crippen molar-refractivity contribution in [1.29, 1.82) is 0 Å². The highest BCUT2D eigenvalue weighted by Crippen LogP contribution is 2.38. The maximum absolute atomic E-state index is 5.80. The minimum atomic E-state index is 0.414. The molecule has 2 N–H and O–H groups in total. The fourth-order valence-electron chi connectivity index (χ4n) is 2.52. The molecular weight excluding hydrogens is 274 g/mol. The fraction of sp³-hybridized carbons (Fsp3) is 0.158. The van der Waals surface area contributed by atoms with Crippen molar-refractivity contribution >= 4 is 22.5 Å². The third-order valence-corrected chi connectivity index (χ3v) is 4.92. The quantitative estimate of drug-likeness (QED) is 0.668. The van der Waals surface area contributed by atoms with Crippen LogP contribution in [0.25, 0.3) is 10.8 Å². The highest BCUT2D eigenvalue weighted by molar-refractivity contribution is 7.99. The molecule has 3 aromatic rings. The van der Waals surface area contributed by atoms with E-state index in [-0.39, 0.29) is 0 Å². The average molecular weight is 293 g/mol. The minimum absolute atomic E-state index is 0.414. The number of fused-ring (bicyclic) bond motifs is 1. The summed E-state index contributed by atoms with van der Waals surface area (Å²) in [5.41, 5.74) is 7.15. The molecule has 3 rings (SSSR count). The molecule has 0 aliphatic carbocycles. The SMILES string of the molecule is NCCC(Sc1ccc2ccccc2c1)c1ccccc1. The molecule has 0 amide bonds. The molecule has 0 saturated heterocycles. The van der Waals surface area contributed by atoms with Crippen LogP contribution in [0.5, 0.6) is 0 Å². The lowest BCUT2D eigenvalue weighted by Crippen LogP contribution is -2.04. The van der Waals surface area contributed by atoms with Gasteiger partial charge >= 0.3 is 0 Å².